The van der Waals surface area contributed by atoms with Crippen molar-refractivity contribution in [1.82, 2.24) is 9.78 Å². The van der Waals surface area contributed by atoms with Gasteiger partial charge in [-0.25, -0.2) is 4.68 Å². The molecule has 18 heavy (non-hydrogen) atoms. The minimum absolute atomic E-state index is 0.0675. The van der Waals surface area contributed by atoms with Crippen molar-refractivity contribution in [2.24, 2.45) is 5.73 Å². The van der Waals surface area contributed by atoms with Crippen LogP contribution in [0.1, 0.15) is 17.0 Å². The second-order valence-corrected chi connectivity index (χ2v) is 4.06. The van der Waals surface area contributed by atoms with Crippen molar-refractivity contribution < 1.29 is 4.92 Å². The third-order valence-corrected chi connectivity index (χ3v) is 2.85. The lowest BCUT2D eigenvalue weighted by Gasteiger charge is -2.04. The maximum atomic E-state index is 10.9. The molecule has 0 spiro atoms. The van der Waals surface area contributed by atoms with E-state index < -0.39 is 4.92 Å². The van der Waals surface area contributed by atoms with E-state index in [1.807, 2.05) is 24.3 Å². The fraction of sp³-hybridized carbons (Fsp3) is 0.250. The Morgan fingerprint density at radius 1 is 1.33 bits per heavy atom. The van der Waals surface area contributed by atoms with Gasteiger partial charge in [-0.3, -0.25) is 10.1 Å². The summed E-state index contributed by atoms with van der Waals surface area (Å²) in [5.74, 6) is 0. The quantitative estimate of drug-likeness (QED) is 0.661. The number of hydrogen-bond acceptors (Lipinski definition) is 4. The van der Waals surface area contributed by atoms with Crippen molar-refractivity contribution in [2.45, 2.75) is 20.4 Å². The van der Waals surface area contributed by atoms with Crippen molar-refractivity contribution in [3.05, 3.63) is 51.3 Å². The van der Waals surface area contributed by atoms with Crippen molar-refractivity contribution in [3.8, 4) is 5.69 Å². The number of nitrogens with zero attached hydrogens (tertiary/aromatic N) is 3. The fourth-order valence-electron chi connectivity index (χ4n) is 1.92. The minimum Gasteiger partial charge on any atom is -0.326 e. The summed E-state index contributed by atoms with van der Waals surface area (Å²) in [6, 6.07) is 7.48. The Hall–Kier alpha value is -2.21. The highest BCUT2D eigenvalue weighted by molar-refractivity contribution is 5.45. The molecule has 2 aromatic rings. The zero-order valence-corrected chi connectivity index (χ0v) is 10.3. The van der Waals surface area contributed by atoms with Crippen LogP contribution in [-0.4, -0.2) is 14.7 Å². The van der Waals surface area contributed by atoms with Crippen LogP contribution >= 0.6 is 0 Å². The predicted octanol–water partition coefficient (Wildman–Crippen LogP) is 1.86. The molecule has 1 aromatic heterocycles. The number of nitrogens with two attached hydrogens (primary N) is 1. The number of rotatable bonds is 3. The Balaban J connectivity index is 2.50. The molecule has 0 atom stereocenters. The number of benzene rings is 1. The molecule has 0 aliphatic carbocycles. The Morgan fingerprint density at radius 2 is 1.94 bits per heavy atom. The fourth-order valence-corrected chi connectivity index (χ4v) is 1.92. The third-order valence-electron chi connectivity index (χ3n) is 2.85. The maximum Gasteiger partial charge on any atom is 0.313 e. The zero-order valence-electron chi connectivity index (χ0n) is 10.3. The lowest BCUT2D eigenvalue weighted by Crippen LogP contribution is -2.01. The van der Waals surface area contributed by atoms with E-state index in [-0.39, 0.29) is 5.69 Å². The lowest BCUT2D eigenvalue weighted by atomic mass is 10.2. The first-order valence-electron chi connectivity index (χ1n) is 5.54. The van der Waals surface area contributed by atoms with Crippen LogP contribution in [0.25, 0.3) is 5.69 Å². The molecule has 6 heteroatoms. The van der Waals surface area contributed by atoms with Crippen LogP contribution in [0, 0.1) is 24.0 Å². The number of nitro groups is 1. The minimum atomic E-state index is -0.400. The van der Waals surface area contributed by atoms with Gasteiger partial charge in [-0.05, 0) is 31.5 Å². The topological polar surface area (TPSA) is 87.0 Å². The summed E-state index contributed by atoms with van der Waals surface area (Å²) in [5, 5.41) is 15.1. The van der Waals surface area contributed by atoms with Crippen LogP contribution in [0.3, 0.4) is 0 Å². The molecule has 1 heterocycles. The number of hydrogen-bond donors (Lipinski definition) is 1. The highest BCUT2D eigenvalue weighted by Crippen LogP contribution is 2.24. The van der Waals surface area contributed by atoms with Gasteiger partial charge in [-0.1, -0.05) is 12.1 Å². The van der Waals surface area contributed by atoms with Crippen molar-refractivity contribution >= 4 is 5.69 Å². The van der Waals surface area contributed by atoms with Crippen LogP contribution in [-0.2, 0) is 6.54 Å². The Morgan fingerprint density at radius 3 is 2.39 bits per heavy atom. The van der Waals surface area contributed by atoms with E-state index in [0.29, 0.717) is 17.9 Å². The third kappa shape index (κ3) is 1.98. The van der Waals surface area contributed by atoms with Crippen molar-refractivity contribution in [2.75, 3.05) is 0 Å². The molecule has 0 aliphatic rings. The van der Waals surface area contributed by atoms with Crippen LogP contribution in [0.15, 0.2) is 24.3 Å². The second kappa shape index (κ2) is 4.58. The van der Waals surface area contributed by atoms with Crippen LogP contribution in [0.4, 0.5) is 5.69 Å². The molecular formula is C12H14N4O2. The van der Waals surface area contributed by atoms with E-state index in [9.17, 15) is 10.1 Å². The van der Waals surface area contributed by atoms with Crippen LogP contribution in [0.2, 0.25) is 0 Å². The summed E-state index contributed by atoms with van der Waals surface area (Å²) in [6.45, 7) is 3.79. The Bertz CT molecular complexity index is 587. The standard InChI is InChI=1S/C12H14N4O2/c1-8-12(16(17)18)9(2)15(14-8)11-5-3-10(7-13)4-6-11/h3-6H,7,13H2,1-2H3. The van der Waals surface area contributed by atoms with Gasteiger partial charge in [0.15, 0.2) is 0 Å². The molecule has 0 saturated carbocycles. The van der Waals surface area contributed by atoms with E-state index in [0.717, 1.165) is 11.3 Å². The largest absolute Gasteiger partial charge is 0.326 e. The Kier molecular flexibility index (Phi) is 3.12. The van der Waals surface area contributed by atoms with Gasteiger partial charge in [-0.15, -0.1) is 0 Å². The summed E-state index contributed by atoms with van der Waals surface area (Å²) < 4.78 is 1.58. The zero-order chi connectivity index (χ0) is 13.3. The smallest absolute Gasteiger partial charge is 0.313 e. The molecule has 0 aliphatic heterocycles. The van der Waals surface area contributed by atoms with Gasteiger partial charge in [0.25, 0.3) is 0 Å². The van der Waals surface area contributed by atoms with Gasteiger partial charge in [0, 0.05) is 6.54 Å². The summed E-state index contributed by atoms with van der Waals surface area (Å²) >= 11 is 0. The average Bonchev–Trinajstić information content (AvgIpc) is 2.65. The van der Waals surface area contributed by atoms with Gasteiger partial charge >= 0.3 is 5.69 Å². The normalized spacial score (nSPS) is 10.6. The Labute approximate surface area is 104 Å². The SMILES string of the molecule is Cc1nn(-c2ccc(CN)cc2)c(C)c1[N+](=O)[O-]. The first kappa shape index (κ1) is 12.3. The molecule has 0 amide bonds. The molecular weight excluding hydrogens is 232 g/mol. The molecule has 0 unspecified atom stereocenters. The highest BCUT2D eigenvalue weighted by Gasteiger charge is 2.22. The predicted molar refractivity (Wildman–Crippen MR) is 67.6 cm³/mol. The molecule has 0 bridgehead atoms. The maximum absolute atomic E-state index is 10.9. The lowest BCUT2D eigenvalue weighted by molar-refractivity contribution is -0.386. The van der Waals surface area contributed by atoms with Crippen molar-refractivity contribution in [1.29, 1.82) is 0 Å². The van der Waals surface area contributed by atoms with Gasteiger partial charge < -0.3 is 5.73 Å². The van der Waals surface area contributed by atoms with E-state index in [4.69, 9.17) is 5.73 Å². The van der Waals surface area contributed by atoms with E-state index >= 15 is 0 Å². The van der Waals surface area contributed by atoms with E-state index in [1.165, 1.54) is 0 Å². The van der Waals surface area contributed by atoms with Gasteiger partial charge in [0.1, 0.15) is 11.4 Å². The molecule has 0 fully saturated rings. The monoisotopic (exact) mass is 246 g/mol. The first-order valence-corrected chi connectivity index (χ1v) is 5.54. The number of aromatic nitrogens is 2. The van der Waals surface area contributed by atoms with E-state index in [2.05, 4.69) is 5.10 Å². The van der Waals surface area contributed by atoms with Gasteiger partial charge in [0.05, 0.1) is 10.6 Å². The number of aryl methyl sites for hydroxylation is 1. The average molecular weight is 246 g/mol. The van der Waals surface area contributed by atoms with Crippen LogP contribution < -0.4 is 5.73 Å². The molecule has 2 rings (SSSR count). The van der Waals surface area contributed by atoms with Gasteiger partial charge in [0.2, 0.25) is 0 Å². The highest BCUT2D eigenvalue weighted by atomic mass is 16.6. The van der Waals surface area contributed by atoms with Gasteiger partial charge in [-0.2, -0.15) is 5.10 Å². The summed E-state index contributed by atoms with van der Waals surface area (Å²) in [4.78, 5) is 10.5. The molecule has 94 valence electrons. The molecule has 1 aromatic carbocycles. The van der Waals surface area contributed by atoms with E-state index in [1.54, 1.807) is 18.5 Å². The van der Waals surface area contributed by atoms with Crippen molar-refractivity contribution in [3.63, 3.8) is 0 Å². The first-order chi connectivity index (χ1) is 8.54. The molecule has 0 radical (unpaired) electrons. The summed E-state index contributed by atoms with van der Waals surface area (Å²) in [5.41, 5.74) is 8.34. The molecule has 6 nitrogen and oxygen atoms in total. The summed E-state index contributed by atoms with van der Waals surface area (Å²) in [6.07, 6.45) is 0. The molecule has 0 saturated heterocycles. The summed E-state index contributed by atoms with van der Waals surface area (Å²) in [7, 11) is 0. The molecule has 2 N–H and O–H groups in total. The second-order valence-electron chi connectivity index (χ2n) is 4.06. The van der Waals surface area contributed by atoms with Crippen LogP contribution in [0.5, 0.6) is 0 Å².